The van der Waals surface area contributed by atoms with Crippen molar-refractivity contribution >= 4 is 15.7 Å². The molecule has 0 saturated carbocycles. The number of nitrogens with one attached hydrogen (secondary N) is 1. The fourth-order valence-corrected chi connectivity index (χ4v) is 4.25. The SMILES string of the molecule is Cc1ccc(S(=O)(=O)NCCCN2CCN(c3ccccc3)CC2)cc1. The van der Waals surface area contributed by atoms with Crippen molar-refractivity contribution in [2.75, 3.05) is 44.2 Å². The van der Waals surface area contributed by atoms with Crippen LogP contribution in [-0.4, -0.2) is 52.6 Å². The first-order valence-corrected chi connectivity index (χ1v) is 10.6. The fourth-order valence-electron chi connectivity index (χ4n) is 3.18. The van der Waals surface area contributed by atoms with Crippen molar-refractivity contribution in [1.82, 2.24) is 9.62 Å². The molecule has 3 rings (SSSR count). The molecule has 1 aliphatic heterocycles. The summed E-state index contributed by atoms with van der Waals surface area (Å²) < 4.78 is 27.2. The number of sulfonamides is 1. The Hall–Kier alpha value is -1.89. The smallest absolute Gasteiger partial charge is 0.240 e. The summed E-state index contributed by atoms with van der Waals surface area (Å²) in [5.74, 6) is 0. The van der Waals surface area contributed by atoms with Crippen LogP contribution >= 0.6 is 0 Å². The van der Waals surface area contributed by atoms with Crippen LogP contribution in [-0.2, 0) is 10.0 Å². The molecule has 2 aromatic carbocycles. The zero-order valence-corrected chi connectivity index (χ0v) is 16.1. The monoisotopic (exact) mass is 373 g/mol. The number of hydrogen-bond acceptors (Lipinski definition) is 4. The summed E-state index contributed by atoms with van der Waals surface area (Å²) in [4.78, 5) is 5.13. The summed E-state index contributed by atoms with van der Waals surface area (Å²) in [5.41, 5.74) is 2.33. The molecule has 0 bridgehead atoms. The number of para-hydroxylation sites is 1. The van der Waals surface area contributed by atoms with Gasteiger partial charge in [-0.3, -0.25) is 4.90 Å². The number of hydrogen-bond donors (Lipinski definition) is 1. The Morgan fingerprint density at radius 1 is 0.923 bits per heavy atom. The van der Waals surface area contributed by atoms with Gasteiger partial charge in [0.2, 0.25) is 10.0 Å². The van der Waals surface area contributed by atoms with Crippen LogP contribution in [0.25, 0.3) is 0 Å². The highest BCUT2D eigenvalue weighted by atomic mass is 32.2. The molecule has 0 spiro atoms. The molecular weight excluding hydrogens is 346 g/mol. The predicted molar refractivity (Wildman–Crippen MR) is 106 cm³/mol. The average molecular weight is 374 g/mol. The van der Waals surface area contributed by atoms with E-state index in [-0.39, 0.29) is 0 Å². The molecule has 140 valence electrons. The number of anilines is 1. The summed E-state index contributed by atoms with van der Waals surface area (Å²) in [5, 5.41) is 0. The minimum atomic E-state index is -3.40. The molecule has 1 saturated heterocycles. The van der Waals surface area contributed by atoms with Gasteiger partial charge in [-0.25, -0.2) is 13.1 Å². The van der Waals surface area contributed by atoms with Crippen LogP contribution in [0, 0.1) is 6.92 Å². The van der Waals surface area contributed by atoms with Gasteiger partial charge in [0.05, 0.1) is 4.90 Å². The molecule has 5 nitrogen and oxygen atoms in total. The predicted octanol–water partition coefficient (Wildman–Crippen LogP) is 2.49. The first kappa shape index (κ1) is 18.9. The van der Waals surface area contributed by atoms with Gasteiger partial charge in [0, 0.05) is 38.4 Å². The zero-order valence-electron chi connectivity index (χ0n) is 15.3. The second-order valence-electron chi connectivity index (χ2n) is 6.73. The lowest BCUT2D eigenvalue weighted by atomic mass is 10.2. The van der Waals surface area contributed by atoms with Crippen molar-refractivity contribution in [2.24, 2.45) is 0 Å². The molecule has 0 radical (unpaired) electrons. The van der Waals surface area contributed by atoms with E-state index in [4.69, 9.17) is 0 Å². The molecule has 26 heavy (non-hydrogen) atoms. The standard InChI is InChI=1S/C20H27N3O2S/c1-18-8-10-20(11-9-18)26(24,25)21-12-5-13-22-14-16-23(17-15-22)19-6-3-2-4-7-19/h2-4,6-11,21H,5,12-17H2,1H3. The summed E-state index contributed by atoms with van der Waals surface area (Å²) in [7, 11) is -3.40. The Bertz CT molecular complexity index is 784. The van der Waals surface area contributed by atoms with Gasteiger partial charge in [-0.1, -0.05) is 35.9 Å². The van der Waals surface area contributed by atoms with Gasteiger partial charge in [-0.05, 0) is 44.2 Å². The highest BCUT2D eigenvalue weighted by molar-refractivity contribution is 7.89. The maximum atomic E-state index is 12.3. The fraction of sp³-hybridized carbons (Fsp3) is 0.400. The van der Waals surface area contributed by atoms with E-state index in [2.05, 4.69) is 38.8 Å². The number of benzene rings is 2. The molecule has 2 aromatic rings. The topological polar surface area (TPSA) is 52.7 Å². The number of piperazine rings is 1. The summed E-state index contributed by atoms with van der Waals surface area (Å²) in [6, 6.07) is 17.4. The van der Waals surface area contributed by atoms with Crippen molar-refractivity contribution in [3.05, 3.63) is 60.2 Å². The molecule has 0 aromatic heterocycles. The van der Waals surface area contributed by atoms with Gasteiger partial charge >= 0.3 is 0 Å². The van der Waals surface area contributed by atoms with E-state index in [0.29, 0.717) is 11.4 Å². The summed E-state index contributed by atoms with van der Waals surface area (Å²) >= 11 is 0. The molecule has 0 unspecified atom stereocenters. The van der Waals surface area contributed by atoms with Crippen molar-refractivity contribution in [2.45, 2.75) is 18.2 Å². The van der Waals surface area contributed by atoms with E-state index in [1.165, 1.54) is 5.69 Å². The summed E-state index contributed by atoms with van der Waals surface area (Å²) in [6.07, 6.45) is 0.816. The third kappa shape index (κ3) is 5.06. The van der Waals surface area contributed by atoms with E-state index < -0.39 is 10.0 Å². The molecule has 0 aliphatic carbocycles. The van der Waals surface area contributed by atoms with Crippen LogP contribution in [0.5, 0.6) is 0 Å². The Morgan fingerprint density at radius 2 is 1.58 bits per heavy atom. The lowest BCUT2D eigenvalue weighted by Crippen LogP contribution is -2.47. The largest absolute Gasteiger partial charge is 0.369 e. The highest BCUT2D eigenvalue weighted by Crippen LogP contribution is 2.15. The third-order valence-electron chi connectivity index (χ3n) is 4.77. The van der Waals surface area contributed by atoms with Gasteiger partial charge in [0.1, 0.15) is 0 Å². The van der Waals surface area contributed by atoms with Crippen LogP contribution < -0.4 is 9.62 Å². The number of rotatable bonds is 7. The van der Waals surface area contributed by atoms with Crippen molar-refractivity contribution < 1.29 is 8.42 Å². The summed E-state index contributed by atoms with van der Waals surface area (Å²) in [6.45, 7) is 7.38. The first-order chi connectivity index (χ1) is 12.5. The normalized spacial score (nSPS) is 16.0. The Labute approximate surface area is 156 Å². The Morgan fingerprint density at radius 3 is 2.23 bits per heavy atom. The second-order valence-corrected chi connectivity index (χ2v) is 8.50. The van der Waals surface area contributed by atoms with Gasteiger partial charge in [0.25, 0.3) is 0 Å². The van der Waals surface area contributed by atoms with E-state index in [1.807, 2.05) is 25.1 Å². The van der Waals surface area contributed by atoms with E-state index >= 15 is 0 Å². The molecule has 0 amide bonds. The average Bonchev–Trinajstić information content (AvgIpc) is 2.67. The maximum absolute atomic E-state index is 12.3. The van der Waals surface area contributed by atoms with Crippen molar-refractivity contribution in [3.8, 4) is 0 Å². The van der Waals surface area contributed by atoms with Crippen LogP contribution in [0.3, 0.4) is 0 Å². The van der Waals surface area contributed by atoms with Crippen LogP contribution in [0.1, 0.15) is 12.0 Å². The van der Waals surface area contributed by atoms with Gasteiger partial charge in [0.15, 0.2) is 0 Å². The number of aryl methyl sites for hydroxylation is 1. The van der Waals surface area contributed by atoms with E-state index in [1.54, 1.807) is 12.1 Å². The minimum absolute atomic E-state index is 0.333. The van der Waals surface area contributed by atoms with Crippen LogP contribution in [0.2, 0.25) is 0 Å². The second kappa shape index (κ2) is 8.66. The molecule has 1 heterocycles. The van der Waals surface area contributed by atoms with Crippen LogP contribution in [0.15, 0.2) is 59.5 Å². The van der Waals surface area contributed by atoms with Crippen molar-refractivity contribution in [1.29, 1.82) is 0 Å². The van der Waals surface area contributed by atoms with Gasteiger partial charge in [-0.15, -0.1) is 0 Å². The first-order valence-electron chi connectivity index (χ1n) is 9.13. The highest BCUT2D eigenvalue weighted by Gasteiger charge is 2.17. The Balaban J connectivity index is 1.39. The molecule has 1 N–H and O–H groups in total. The van der Waals surface area contributed by atoms with Crippen molar-refractivity contribution in [3.63, 3.8) is 0 Å². The Kier molecular flexibility index (Phi) is 6.29. The van der Waals surface area contributed by atoms with E-state index in [0.717, 1.165) is 44.7 Å². The molecule has 1 aliphatic rings. The lowest BCUT2D eigenvalue weighted by molar-refractivity contribution is 0.255. The molecule has 1 fully saturated rings. The lowest BCUT2D eigenvalue weighted by Gasteiger charge is -2.36. The number of nitrogens with zero attached hydrogens (tertiary/aromatic N) is 2. The molecule has 0 atom stereocenters. The van der Waals surface area contributed by atoms with E-state index in [9.17, 15) is 8.42 Å². The zero-order chi connectivity index (χ0) is 18.4. The molecule has 6 heteroatoms. The molecular formula is C20H27N3O2S. The quantitative estimate of drug-likeness (QED) is 0.758. The van der Waals surface area contributed by atoms with Gasteiger partial charge in [-0.2, -0.15) is 0 Å². The third-order valence-corrected chi connectivity index (χ3v) is 6.25. The van der Waals surface area contributed by atoms with Crippen LogP contribution in [0.4, 0.5) is 5.69 Å². The minimum Gasteiger partial charge on any atom is -0.369 e. The maximum Gasteiger partial charge on any atom is 0.240 e. The van der Waals surface area contributed by atoms with Gasteiger partial charge < -0.3 is 4.90 Å².